The van der Waals surface area contributed by atoms with E-state index in [1.165, 1.54) is 11.1 Å². The molecule has 2 unspecified atom stereocenters. The SMILES string of the molecule is Cc1cccc(C2(C)NCCCC2O)c1. The lowest BCUT2D eigenvalue weighted by Gasteiger charge is -2.40. The highest BCUT2D eigenvalue weighted by Crippen LogP contribution is 2.30. The van der Waals surface area contributed by atoms with E-state index in [0.717, 1.165) is 19.4 Å². The van der Waals surface area contributed by atoms with E-state index in [1.807, 2.05) is 0 Å². The lowest BCUT2D eigenvalue weighted by atomic mass is 9.81. The van der Waals surface area contributed by atoms with Gasteiger partial charge in [0.05, 0.1) is 11.6 Å². The first-order valence-electron chi connectivity index (χ1n) is 5.63. The van der Waals surface area contributed by atoms with Crippen molar-refractivity contribution in [2.24, 2.45) is 0 Å². The summed E-state index contributed by atoms with van der Waals surface area (Å²) in [4.78, 5) is 0. The molecule has 2 atom stereocenters. The van der Waals surface area contributed by atoms with Gasteiger partial charge in [0.2, 0.25) is 0 Å². The molecule has 1 aliphatic rings. The summed E-state index contributed by atoms with van der Waals surface area (Å²) in [6.45, 7) is 5.16. The molecule has 0 spiro atoms. The van der Waals surface area contributed by atoms with Gasteiger partial charge in [0.25, 0.3) is 0 Å². The molecule has 1 saturated heterocycles. The van der Waals surface area contributed by atoms with Crippen LogP contribution in [-0.2, 0) is 5.54 Å². The molecule has 82 valence electrons. The summed E-state index contributed by atoms with van der Waals surface area (Å²) < 4.78 is 0. The van der Waals surface area contributed by atoms with Gasteiger partial charge < -0.3 is 10.4 Å². The van der Waals surface area contributed by atoms with Gasteiger partial charge in [0, 0.05) is 0 Å². The summed E-state index contributed by atoms with van der Waals surface area (Å²) in [6, 6.07) is 8.39. The zero-order valence-corrected chi connectivity index (χ0v) is 9.46. The zero-order valence-electron chi connectivity index (χ0n) is 9.46. The topological polar surface area (TPSA) is 32.3 Å². The van der Waals surface area contributed by atoms with Gasteiger partial charge in [0.15, 0.2) is 0 Å². The Bertz CT molecular complexity index is 350. The molecular weight excluding hydrogens is 186 g/mol. The number of nitrogens with one attached hydrogen (secondary N) is 1. The number of aliphatic hydroxyl groups is 1. The third kappa shape index (κ3) is 1.92. The van der Waals surface area contributed by atoms with Gasteiger partial charge in [0.1, 0.15) is 0 Å². The molecule has 0 aromatic heterocycles. The lowest BCUT2D eigenvalue weighted by molar-refractivity contribution is 0.0385. The second-order valence-corrected chi connectivity index (χ2v) is 4.66. The molecule has 1 aromatic rings. The Morgan fingerprint density at radius 1 is 1.47 bits per heavy atom. The number of aliphatic hydroxyl groups excluding tert-OH is 1. The highest BCUT2D eigenvalue weighted by atomic mass is 16.3. The van der Waals surface area contributed by atoms with E-state index in [-0.39, 0.29) is 11.6 Å². The Morgan fingerprint density at radius 3 is 2.93 bits per heavy atom. The number of hydrogen-bond acceptors (Lipinski definition) is 2. The smallest absolute Gasteiger partial charge is 0.0761 e. The highest BCUT2D eigenvalue weighted by molar-refractivity contribution is 5.30. The van der Waals surface area contributed by atoms with E-state index >= 15 is 0 Å². The molecule has 2 heteroatoms. The molecule has 0 saturated carbocycles. The van der Waals surface area contributed by atoms with Crippen molar-refractivity contribution in [3.05, 3.63) is 35.4 Å². The molecule has 0 bridgehead atoms. The van der Waals surface area contributed by atoms with Crippen LogP contribution in [0.15, 0.2) is 24.3 Å². The Balaban J connectivity index is 2.34. The fraction of sp³-hybridized carbons (Fsp3) is 0.538. The van der Waals surface area contributed by atoms with Gasteiger partial charge in [-0.15, -0.1) is 0 Å². The summed E-state index contributed by atoms with van der Waals surface area (Å²) in [6.07, 6.45) is 1.66. The first kappa shape index (κ1) is 10.7. The number of rotatable bonds is 1. The summed E-state index contributed by atoms with van der Waals surface area (Å²) in [5.74, 6) is 0. The Hall–Kier alpha value is -0.860. The second-order valence-electron chi connectivity index (χ2n) is 4.66. The molecule has 15 heavy (non-hydrogen) atoms. The summed E-state index contributed by atoms with van der Waals surface area (Å²) in [5, 5.41) is 13.5. The van der Waals surface area contributed by atoms with Crippen LogP contribution >= 0.6 is 0 Å². The standard InChI is InChI=1S/C13H19NO/c1-10-5-3-6-11(9-10)13(2)12(15)7-4-8-14-13/h3,5-6,9,12,14-15H,4,7-8H2,1-2H3. The minimum atomic E-state index is -0.284. The Morgan fingerprint density at radius 2 is 2.27 bits per heavy atom. The quantitative estimate of drug-likeness (QED) is 0.734. The van der Waals surface area contributed by atoms with E-state index in [4.69, 9.17) is 0 Å². The average molecular weight is 205 g/mol. The van der Waals surface area contributed by atoms with Crippen molar-refractivity contribution in [1.29, 1.82) is 0 Å². The summed E-state index contributed by atoms with van der Waals surface area (Å²) >= 11 is 0. The van der Waals surface area contributed by atoms with Gasteiger partial charge in [-0.05, 0) is 38.8 Å². The Labute approximate surface area is 91.3 Å². The van der Waals surface area contributed by atoms with Gasteiger partial charge in [-0.25, -0.2) is 0 Å². The van der Waals surface area contributed by atoms with Crippen molar-refractivity contribution in [3.63, 3.8) is 0 Å². The van der Waals surface area contributed by atoms with Crippen LogP contribution in [0.1, 0.15) is 30.9 Å². The maximum absolute atomic E-state index is 10.1. The van der Waals surface area contributed by atoms with Crippen molar-refractivity contribution >= 4 is 0 Å². The molecule has 1 aliphatic heterocycles. The number of hydrogen-bond donors (Lipinski definition) is 2. The molecule has 1 aromatic carbocycles. The third-order valence-electron chi connectivity index (χ3n) is 3.43. The van der Waals surface area contributed by atoms with Crippen LogP contribution in [0.3, 0.4) is 0 Å². The normalized spacial score (nSPS) is 31.5. The maximum atomic E-state index is 10.1. The first-order chi connectivity index (χ1) is 7.13. The fourth-order valence-electron chi connectivity index (χ4n) is 2.31. The van der Waals surface area contributed by atoms with E-state index in [0.29, 0.717) is 0 Å². The van der Waals surface area contributed by atoms with Crippen molar-refractivity contribution < 1.29 is 5.11 Å². The molecule has 2 N–H and O–H groups in total. The van der Waals surface area contributed by atoms with E-state index in [1.54, 1.807) is 0 Å². The van der Waals surface area contributed by atoms with E-state index in [9.17, 15) is 5.11 Å². The summed E-state index contributed by atoms with van der Waals surface area (Å²) in [7, 11) is 0. The predicted octanol–water partition coefficient (Wildman–Crippen LogP) is 1.95. The molecular formula is C13H19NO. The van der Waals surface area contributed by atoms with Crippen LogP contribution in [0.5, 0.6) is 0 Å². The molecule has 2 nitrogen and oxygen atoms in total. The molecule has 2 rings (SSSR count). The number of benzene rings is 1. The lowest BCUT2D eigenvalue weighted by Crippen LogP contribution is -2.53. The van der Waals surface area contributed by atoms with Gasteiger partial charge in [-0.2, -0.15) is 0 Å². The Kier molecular flexibility index (Phi) is 2.81. The number of piperidine rings is 1. The van der Waals surface area contributed by atoms with Gasteiger partial charge in [-0.3, -0.25) is 0 Å². The molecule has 0 aliphatic carbocycles. The number of aryl methyl sites for hydroxylation is 1. The second kappa shape index (κ2) is 3.95. The van der Waals surface area contributed by atoms with Crippen molar-refractivity contribution in [2.75, 3.05) is 6.54 Å². The van der Waals surface area contributed by atoms with Crippen LogP contribution in [0.4, 0.5) is 0 Å². The van der Waals surface area contributed by atoms with Crippen LogP contribution in [0.2, 0.25) is 0 Å². The highest BCUT2D eigenvalue weighted by Gasteiger charge is 2.36. The molecule has 1 heterocycles. The minimum Gasteiger partial charge on any atom is -0.391 e. The predicted molar refractivity (Wildman–Crippen MR) is 61.8 cm³/mol. The van der Waals surface area contributed by atoms with Gasteiger partial charge in [-0.1, -0.05) is 29.8 Å². The van der Waals surface area contributed by atoms with Gasteiger partial charge >= 0.3 is 0 Å². The largest absolute Gasteiger partial charge is 0.391 e. The van der Waals surface area contributed by atoms with E-state index < -0.39 is 0 Å². The fourth-order valence-corrected chi connectivity index (χ4v) is 2.31. The van der Waals surface area contributed by atoms with Crippen LogP contribution in [0.25, 0.3) is 0 Å². The maximum Gasteiger partial charge on any atom is 0.0761 e. The molecule has 1 fully saturated rings. The minimum absolute atomic E-state index is 0.274. The molecule has 0 radical (unpaired) electrons. The van der Waals surface area contributed by atoms with Crippen molar-refractivity contribution in [1.82, 2.24) is 5.32 Å². The average Bonchev–Trinajstić information content (AvgIpc) is 2.23. The van der Waals surface area contributed by atoms with Crippen molar-refractivity contribution in [2.45, 2.75) is 38.3 Å². The van der Waals surface area contributed by atoms with Crippen LogP contribution in [0, 0.1) is 6.92 Å². The van der Waals surface area contributed by atoms with E-state index in [2.05, 4.69) is 43.4 Å². The zero-order chi connectivity index (χ0) is 10.9. The monoisotopic (exact) mass is 205 g/mol. The third-order valence-corrected chi connectivity index (χ3v) is 3.43. The van der Waals surface area contributed by atoms with Crippen molar-refractivity contribution in [3.8, 4) is 0 Å². The summed E-state index contributed by atoms with van der Waals surface area (Å²) in [5.41, 5.74) is 2.16. The van der Waals surface area contributed by atoms with Crippen LogP contribution < -0.4 is 5.32 Å². The van der Waals surface area contributed by atoms with Crippen LogP contribution in [-0.4, -0.2) is 17.8 Å². The first-order valence-corrected chi connectivity index (χ1v) is 5.63. The molecule has 0 amide bonds.